The minimum absolute atomic E-state index is 0.135. The van der Waals surface area contributed by atoms with Crippen LogP contribution in [-0.2, 0) is 16.1 Å². The maximum atomic E-state index is 12.2. The molecule has 24 heavy (non-hydrogen) atoms. The Bertz CT molecular complexity index is 978. The zero-order valence-electron chi connectivity index (χ0n) is 14.0. The molecule has 0 bridgehead atoms. The second-order valence-corrected chi connectivity index (χ2v) is 6.74. The molecule has 0 aliphatic carbocycles. The molecular weight excluding hydrogens is 300 g/mol. The van der Waals surface area contributed by atoms with E-state index in [9.17, 15) is 4.79 Å². The van der Waals surface area contributed by atoms with Gasteiger partial charge in [0.05, 0.1) is 6.57 Å². The molecule has 1 aromatic heterocycles. The van der Waals surface area contributed by atoms with Gasteiger partial charge < -0.3 is 4.74 Å². The molecule has 0 unspecified atom stereocenters. The molecule has 0 atom stereocenters. The lowest BCUT2D eigenvalue weighted by Gasteiger charge is -2.18. The molecule has 0 N–H and O–H groups in total. The van der Waals surface area contributed by atoms with Crippen LogP contribution in [0.25, 0.3) is 26.5 Å². The predicted octanol–water partition coefficient (Wildman–Crippen LogP) is 4.17. The smallest absolute Gasteiger partial charge is 0.373 e. The fraction of sp³-hybridized carbons (Fsp3) is 0.250. The van der Waals surface area contributed by atoms with Gasteiger partial charge in [-0.3, -0.25) is 0 Å². The highest BCUT2D eigenvalue weighted by Crippen LogP contribution is 2.26. The Morgan fingerprint density at radius 1 is 1.17 bits per heavy atom. The summed E-state index contributed by atoms with van der Waals surface area (Å²) in [7, 11) is 0. The summed E-state index contributed by atoms with van der Waals surface area (Å²) in [6.07, 6.45) is 1.96. The zero-order chi connectivity index (χ0) is 17.3. The largest absolute Gasteiger partial charge is 0.455 e. The quantitative estimate of drug-likeness (QED) is 0.307. The zero-order valence-corrected chi connectivity index (χ0v) is 14.0. The third-order valence-electron chi connectivity index (χ3n) is 3.68. The van der Waals surface area contributed by atoms with Crippen LogP contribution in [-0.4, -0.2) is 11.6 Å². The lowest BCUT2D eigenvalue weighted by molar-refractivity contribution is -0.659. The minimum Gasteiger partial charge on any atom is -0.455 e. The molecule has 3 rings (SSSR count). The topological polar surface area (TPSA) is 34.5 Å². The monoisotopic (exact) mass is 319 g/mol. The number of esters is 1. The van der Waals surface area contributed by atoms with E-state index in [1.807, 2.05) is 67.9 Å². The molecule has 0 amide bonds. The van der Waals surface area contributed by atoms with Crippen LogP contribution < -0.4 is 4.57 Å². The first kappa shape index (κ1) is 15.9. The van der Waals surface area contributed by atoms with Gasteiger partial charge in [0.2, 0.25) is 12.1 Å². The number of nitrogens with zero attached hydrogens (tertiary/aromatic N) is 2. The van der Waals surface area contributed by atoms with Gasteiger partial charge in [0, 0.05) is 16.2 Å². The van der Waals surface area contributed by atoms with Gasteiger partial charge in [-0.25, -0.2) is 9.64 Å². The SMILES string of the molecule is [C-]#[N+]c1ccc2c(c1)c1ccccc1c[n+]2CC(=O)OC(C)(C)C. The van der Waals surface area contributed by atoms with E-state index in [1.54, 1.807) is 6.07 Å². The molecule has 120 valence electrons. The lowest BCUT2D eigenvalue weighted by atomic mass is 10.1. The summed E-state index contributed by atoms with van der Waals surface area (Å²) in [5, 5.41) is 3.05. The molecule has 4 nitrogen and oxygen atoms in total. The molecule has 0 aliphatic rings. The minimum atomic E-state index is -0.512. The van der Waals surface area contributed by atoms with Crippen molar-refractivity contribution in [1.82, 2.24) is 0 Å². The van der Waals surface area contributed by atoms with Gasteiger partial charge in [-0.1, -0.05) is 18.2 Å². The standard InChI is InChI=1S/C20H19N2O2/c1-20(2,3)24-19(23)13-22-12-14-7-5-6-8-16(14)17-11-15(21-4)9-10-18(17)22/h5-12H,13H2,1-3H3/q+1. The summed E-state index contributed by atoms with van der Waals surface area (Å²) >= 11 is 0. The third-order valence-corrected chi connectivity index (χ3v) is 3.68. The molecule has 4 heteroatoms. The Balaban J connectivity index is 2.16. The highest BCUT2D eigenvalue weighted by atomic mass is 16.6. The number of ether oxygens (including phenoxy) is 1. The number of carbonyl (C=O) groups is 1. The van der Waals surface area contributed by atoms with Crippen molar-refractivity contribution in [2.24, 2.45) is 0 Å². The van der Waals surface area contributed by atoms with Crippen molar-refractivity contribution in [2.75, 3.05) is 0 Å². The Kier molecular flexibility index (Phi) is 3.94. The van der Waals surface area contributed by atoms with Crippen LogP contribution >= 0.6 is 0 Å². The third kappa shape index (κ3) is 3.21. The summed E-state index contributed by atoms with van der Waals surface area (Å²) in [4.78, 5) is 15.8. The van der Waals surface area contributed by atoms with E-state index in [-0.39, 0.29) is 12.5 Å². The van der Waals surface area contributed by atoms with Crippen LogP contribution in [0.3, 0.4) is 0 Å². The Morgan fingerprint density at radius 3 is 2.62 bits per heavy atom. The van der Waals surface area contributed by atoms with Crippen LogP contribution in [0.15, 0.2) is 48.7 Å². The molecule has 0 radical (unpaired) electrons. The highest BCUT2D eigenvalue weighted by Gasteiger charge is 2.22. The molecule has 0 saturated carbocycles. The van der Waals surface area contributed by atoms with Crippen LogP contribution in [0.1, 0.15) is 20.8 Å². The van der Waals surface area contributed by atoms with Gasteiger partial charge in [0.15, 0.2) is 11.9 Å². The molecule has 0 saturated heterocycles. The van der Waals surface area contributed by atoms with E-state index in [2.05, 4.69) is 4.85 Å². The number of hydrogen-bond donors (Lipinski definition) is 0. The van der Waals surface area contributed by atoms with Crippen LogP contribution in [0, 0.1) is 6.57 Å². The van der Waals surface area contributed by atoms with Crippen LogP contribution in [0.5, 0.6) is 0 Å². The van der Waals surface area contributed by atoms with Crippen molar-refractivity contribution in [1.29, 1.82) is 0 Å². The number of pyridine rings is 1. The summed E-state index contributed by atoms with van der Waals surface area (Å²) in [6, 6.07) is 13.5. The average molecular weight is 319 g/mol. The number of hydrogen-bond acceptors (Lipinski definition) is 2. The van der Waals surface area contributed by atoms with E-state index >= 15 is 0 Å². The lowest BCUT2D eigenvalue weighted by Crippen LogP contribution is -2.41. The van der Waals surface area contributed by atoms with E-state index in [0.717, 1.165) is 21.7 Å². The molecule has 1 heterocycles. The van der Waals surface area contributed by atoms with E-state index < -0.39 is 5.60 Å². The molecule has 0 spiro atoms. The number of rotatable bonds is 2. The maximum Gasteiger partial charge on any atom is 0.373 e. The Morgan fingerprint density at radius 2 is 1.92 bits per heavy atom. The first-order chi connectivity index (χ1) is 11.4. The van der Waals surface area contributed by atoms with Crippen molar-refractivity contribution in [3.05, 3.63) is 60.1 Å². The fourth-order valence-electron chi connectivity index (χ4n) is 2.80. The molecule has 0 fully saturated rings. The second-order valence-electron chi connectivity index (χ2n) is 6.74. The highest BCUT2D eigenvalue weighted by molar-refractivity contribution is 6.05. The number of fused-ring (bicyclic) bond motifs is 3. The van der Waals surface area contributed by atoms with Crippen molar-refractivity contribution in [3.63, 3.8) is 0 Å². The van der Waals surface area contributed by atoms with Crippen molar-refractivity contribution < 1.29 is 14.1 Å². The number of carbonyl (C=O) groups excluding carboxylic acids is 1. The normalized spacial score (nSPS) is 11.4. The maximum absolute atomic E-state index is 12.2. The predicted molar refractivity (Wildman–Crippen MR) is 93.8 cm³/mol. The summed E-state index contributed by atoms with van der Waals surface area (Å²) in [5.74, 6) is -0.279. The first-order valence-corrected chi connectivity index (χ1v) is 7.82. The molecule has 2 aromatic carbocycles. The van der Waals surface area contributed by atoms with Crippen molar-refractivity contribution in [3.8, 4) is 0 Å². The second kappa shape index (κ2) is 5.93. The van der Waals surface area contributed by atoms with Gasteiger partial charge in [-0.2, -0.15) is 4.57 Å². The van der Waals surface area contributed by atoms with Gasteiger partial charge in [0.25, 0.3) is 0 Å². The van der Waals surface area contributed by atoms with E-state index in [4.69, 9.17) is 11.3 Å². The summed E-state index contributed by atoms with van der Waals surface area (Å²) in [6.45, 7) is 12.9. The van der Waals surface area contributed by atoms with Gasteiger partial charge >= 0.3 is 5.97 Å². The number of benzene rings is 2. The van der Waals surface area contributed by atoms with Crippen molar-refractivity contribution in [2.45, 2.75) is 32.9 Å². The van der Waals surface area contributed by atoms with Gasteiger partial charge in [-0.15, -0.1) is 0 Å². The van der Waals surface area contributed by atoms with Gasteiger partial charge in [0.1, 0.15) is 5.60 Å². The van der Waals surface area contributed by atoms with Gasteiger partial charge in [-0.05, 0) is 45.0 Å². The average Bonchev–Trinajstić information content (AvgIpc) is 2.52. The molecule has 3 aromatic rings. The first-order valence-electron chi connectivity index (χ1n) is 7.82. The van der Waals surface area contributed by atoms with Crippen LogP contribution in [0.4, 0.5) is 5.69 Å². The fourth-order valence-corrected chi connectivity index (χ4v) is 2.80. The van der Waals surface area contributed by atoms with E-state index in [1.165, 1.54) is 0 Å². The summed E-state index contributed by atoms with van der Waals surface area (Å²) < 4.78 is 7.33. The van der Waals surface area contributed by atoms with Crippen molar-refractivity contribution >= 4 is 33.3 Å². The molecule has 0 aliphatic heterocycles. The van der Waals surface area contributed by atoms with Crippen LogP contribution in [0.2, 0.25) is 0 Å². The Hall–Kier alpha value is -2.93. The molecular formula is C20H19N2O2+. The Labute approximate surface area is 141 Å². The summed E-state index contributed by atoms with van der Waals surface area (Å²) in [5.41, 5.74) is 0.983. The van der Waals surface area contributed by atoms with E-state index in [0.29, 0.717) is 5.69 Å². The number of aromatic nitrogens is 1.